The Morgan fingerprint density at radius 3 is 2.50 bits per heavy atom. The molecular weight excluding hydrogens is 285 g/mol. The minimum atomic E-state index is -0.959. The second kappa shape index (κ2) is 5.68. The molecule has 6 heteroatoms. The number of oxime groups is 1. The fraction of sp³-hybridized carbons (Fsp3) is 0.500. The van der Waals surface area contributed by atoms with Crippen molar-refractivity contribution in [3.8, 4) is 0 Å². The van der Waals surface area contributed by atoms with Gasteiger partial charge in [0.1, 0.15) is 5.82 Å². The van der Waals surface area contributed by atoms with E-state index in [-0.39, 0.29) is 11.7 Å². The number of benzene rings is 1. The molecule has 1 fully saturated rings. The summed E-state index contributed by atoms with van der Waals surface area (Å²) in [5.74, 6) is -0.319. The largest absolute Gasteiger partial charge is 0.379 e. The summed E-state index contributed by atoms with van der Waals surface area (Å²) in [6.45, 7) is 4.93. The van der Waals surface area contributed by atoms with Crippen LogP contribution in [-0.2, 0) is 9.63 Å². The lowest BCUT2D eigenvalue weighted by Crippen LogP contribution is -2.54. The fourth-order valence-electron chi connectivity index (χ4n) is 2.80. The molecule has 0 aliphatic carbocycles. The van der Waals surface area contributed by atoms with Gasteiger partial charge in [-0.05, 0) is 31.7 Å². The van der Waals surface area contributed by atoms with Gasteiger partial charge in [0.05, 0.1) is 5.71 Å². The smallest absolute Gasteiger partial charge is 0.269 e. The number of halogens is 1. The minimum absolute atomic E-state index is 0.0264. The highest BCUT2D eigenvalue weighted by molar-refractivity contribution is 6.05. The van der Waals surface area contributed by atoms with Gasteiger partial charge in [0.2, 0.25) is 5.60 Å². The lowest BCUT2D eigenvalue weighted by Gasteiger charge is -2.36. The van der Waals surface area contributed by atoms with Crippen LogP contribution >= 0.6 is 0 Å². The molecule has 0 N–H and O–H groups in total. The highest BCUT2D eigenvalue weighted by atomic mass is 19.1. The fourth-order valence-corrected chi connectivity index (χ4v) is 2.80. The summed E-state index contributed by atoms with van der Waals surface area (Å²) in [6.07, 6.45) is 0.407. The van der Waals surface area contributed by atoms with E-state index in [9.17, 15) is 9.18 Å². The molecule has 2 aliphatic heterocycles. The topological polar surface area (TPSA) is 45.1 Å². The lowest BCUT2D eigenvalue weighted by molar-refractivity contribution is -0.154. The van der Waals surface area contributed by atoms with Crippen molar-refractivity contribution in [3.63, 3.8) is 0 Å². The van der Waals surface area contributed by atoms with Crippen LogP contribution in [0, 0.1) is 5.82 Å². The minimum Gasteiger partial charge on any atom is -0.379 e. The zero-order chi connectivity index (χ0) is 15.7. The van der Waals surface area contributed by atoms with Gasteiger partial charge in [0.15, 0.2) is 0 Å². The first-order chi connectivity index (χ1) is 10.5. The molecule has 0 unspecified atom stereocenters. The van der Waals surface area contributed by atoms with Crippen LogP contribution in [0.1, 0.15) is 18.9 Å². The van der Waals surface area contributed by atoms with Gasteiger partial charge in [-0.25, -0.2) is 4.39 Å². The zero-order valence-corrected chi connectivity index (χ0v) is 12.9. The molecule has 1 saturated heterocycles. The summed E-state index contributed by atoms with van der Waals surface area (Å²) in [7, 11) is 2.05. The maximum Gasteiger partial charge on any atom is 0.269 e. The third kappa shape index (κ3) is 2.83. The maximum absolute atomic E-state index is 13.0. The first-order valence-electron chi connectivity index (χ1n) is 7.47. The van der Waals surface area contributed by atoms with Crippen LogP contribution in [0.5, 0.6) is 0 Å². The number of carbonyl (C=O) groups is 1. The van der Waals surface area contributed by atoms with Crippen molar-refractivity contribution in [2.75, 3.05) is 33.2 Å². The Balaban J connectivity index is 1.68. The summed E-state index contributed by atoms with van der Waals surface area (Å²) < 4.78 is 13.0. The third-order valence-electron chi connectivity index (χ3n) is 4.28. The predicted molar refractivity (Wildman–Crippen MR) is 81.1 cm³/mol. The van der Waals surface area contributed by atoms with E-state index in [0.29, 0.717) is 25.2 Å². The Bertz CT molecular complexity index is 594. The van der Waals surface area contributed by atoms with Crippen LogP contribution in [0.3, 0.4) is 0 Å². The van der Waals surface area contributed by atoms with Crippen molar-refractivity contribution >= 4 is 11.6 Å². The molecule has 0 saturated carbocycles. The Kier molecular flexibility index (Phi) is 3.87. The number of amides is 1. The van der Waals surface area contributed by atoms with Crippen LogP contribution < -0.4 is 0 Å². The summed E-state index contributed by atoms with van der Waals surface area (Å²) in [5, 5.41) is 4.06. The van der Waals surface area contributed by atoms with E-state index in [2.05, 4.69) is 10.1 Å². The van der Waals surface area contributed by atoms with Gasteiger partial charge >= 0.3 is 0 Å². The van der Waals surface area contributed by atoms with E-state index < -0.39 is 5.60 Å². The van der Waals surface area contributed by atoms with Crippen LogP contribution in [-0.4, -0.2) is 60.2 Å². The maximum atomic E-state index is 13.0. The van der Waals surface area contributed by atoms with Crippen molar-refractivity contribution in [2.45, 2.75) is 18.9 Å². The number of likely N-dealkylation sites (N-methyl/N-ethyl adjacent to an activating group) is 1. The number of nitrogens with zero attached hydrogens (tertiary/aromatic N) is 3. The van der Waals surface area contributed by atoms with Gasteiger partial charge in [0, 0.05) is 32.6 Å². The van der Waals surface area contributed by atoms with Gasteiger partial charge in [-0.3, -0.25) is 4.79 Å². The van der Waals surface area contributed by atoms with E-state index in [4.69, 9.17) is 4.84 Å². The number of piperazine rings is 1. The Labute approximate surface area is 129 Å². The van der Waals surface area contributed by atoms with E-state index in [1.807, 2.05) is 11.9 Å². The molecule has 1 aromatic rings. The third-order valence-corrected chi connectivity index (χ3v) is 4.28. The summed E-state index contributed by atoms with van der Waals surface area (Å²) >= 11 is 0. The number of hydrogen-bond acceptors (Lipinski definition) is 4. The van der Waals surface area contributed by atoms with E-state index >= 15 is 0 Å². The Hall–Kier alpha value is -1.95. The number of carbonyl (C=O) groups excluding carboxylic acids is 1. The molecule has 5 nitrogen and oxygen atoms in total. The molecular formula is C16H20FN3O2. The van der Waals surface area contributed by atoms with Crippen molar-refractivity contribution < 1.29 is 14.0 Å². The Morgan fingerprint density at radius 1 is 1.23 bits per heavy atom. The van der Waals surface area contributed by atoms with Gasteiger partial charge in [-0.1, -0.05) is 17.3 Å². The van der Waals surface area contributed by atoms with Crippen molar-refractivity contribution in [2.24, 2.45) is 5.16 Å². The summed E-state index contributed by atoms with van der Waals surface area (Å²) in [5.41, 5.74) is 0.515. The SMILES string of the molecule is CN1CCN(C(=O)[C@@]2(C)CC(c3ccc(F)cc3)=NO2)CC1. The van der Waals surface area contributed by atoms with E-state index in [1.54, 1.807) is 19.1 Å². The van der Waals surface area contributed by atoms with Crippen LogP contribution in [0.25, 0.3) is 0 Å². The van der Waals surface area contributed by atoms with E-state index in [0.717, 1.165) is 18.7 Å². The average molecular weight is 305 g/mol. The zero-order valence-electron chi connectivity index (χ0n) is 12.9. The first-order valence-corrected chi connectivity index (χ1v) is 7.47. The first kappa shape index (κ1) is 15.0. The number of rotatable bonds is 2. The average Bonchev–Trinajstić information content (AvgIpc) is 2.92. The van der Waals surface area contributed by atoms with Crippen molar-refractivity contribution in [1.29, 1.82) is 0 Å². The van der Waals surface area contributed by atoms with Crippen LogP contribution in [0.2, 0.25) is 0 Å². The van der Waals surface area contributed by atoms with E-state index in [1.165, 1.54) is 12.1 Å². The normalized spacial score (nSPS) is 25.8. The summed E-state index contributed by atoms with van der Waals surface area (Å²) in [6, 6.07) is 6.08. The van der Waals surface area contributed by atoms with Crippen LogP contribution in [0.15, 0.2) is 29.4 Å². The molecule has 1 amide bonds. The van der Waals surface area contributed by atoms with Gasteiger partial charge in [-0.15, -0.1) is 0 Å². The molecule has 3 rings (SSSR count). The molecule has 118 valence electrons. The highest BCUT2D eigenvalue weighted by Crippen LogP contribution is 2.29. The highest BCUT2D eigenvalue weighted by Gasteiger charge is 2.45. The molecule has 0 spiro atoms. The number of hydrogen-bond donors (Lipinski definition) is 0. The van der Waals surface area contributed by atoms with Gasteiger partial charge in [0.25, 0.3) is 5.91 Å². The molecule has 2 heterocycles. The molecule has 0 aromatic heterocycles. The Morgan fingerprint density at radius 2 is 1.86 bits per heavy atom. The molecule has 0 bridgehead atoms. The molecule has 1 aromatic carbocycles. The second-order valence-corrected chi connectivity index (χ2v) is 6.14. The van der Waals surface area contributed by atoms with Crippen molar-refractivity contribution in [3.05, 3.63) is 35.6 Å². The van der Waals surface area contributed by atoms with Gasteiger partial charge in [-0.2, -0.15) is 0 Å². The molecule has 1 atom stereocenters. The van der Waals surface area contributed by atoms with Crippen LogP contribution in [0.4, 0.5) is 4.39 Å². The molecule has 2 aliphatic rings. The monoisotopic (exact) mass is 305 g/mol. The second-order valence-electron chi connectivity index (χ2n) is 6.14. The van der Waals surface area contributed by atoms with Gasteiger partial charge < -0.3 is 14.6 Å². The lowest BCUT2D eigenvalue weighted by atomic mass is 9.94. The predicted octanol–water partition coefficient (Wildman–Crippen LogP) is 1.48. The standard InChI is InChI=1S/C16H20FN3O2/c1-16(15(21)20-9-7-19(2)8-10-20)11-14(18-22-16)12-3-5-13(17)6-4-12/h3-6H,7-11H2,1-2H3/t16-/m1/s1. The molecule has 0 radical (unpaired) electrons. The molecule has 22 heavy (non-hydrogen) atoms. The summed E-state index contributed by atoms with van der Waals surface area (Å²) in [4.78, 5) is 22.2. The van der Waals surface area contributed by atoms with Crippen molar-refractivity contribution in [1.82, 2.24) is 9.80 Å². The quantitative estimate of drug-likeness (QED) is 0.831.